The quantitative estimate of drug-likeness (QED) is 0.199. The zero-order chi connectivity index (χ0) is 38.6. The predicted molar refractivity (Wildman–Crippen MR) is 203 cm³/mol. The van der Waals surface area contributed by atoms with Gasteiger partial charge >= 0.3 is 0 Å². The molecule has 7 atom stereocenters. The molecule has 0 bridgehead atoms. The van der Waals surface area contributed by atoms with Gasteiger partial charge in [-0.3, -0.25) is 13.9 Å². The number of carbonyl (C=O) groups is 1. The fourth-order valence-electron chi connectivity index (χ4n) is 5.79. The molecule has 0 aromatic carbocycles. The summed E-state index contributed by atoms with van der Waals surface area (Å²) in [6.45, 7) is 25.5. The second kappa shape index (κ2) is 14.4. The van der Waals surface area contributed by atoms with Gasteiger partial charge in [0.2, 0.25) is 0 Å². The molecular formula is C34H56N10O6Si2. The topological polar surface area (TPSA) is 213 Å². The molecule has 18 heteroatoms. The summed E-state index contributed by atoms with van der Waals surface area (Å²) in [6.07, 6.45) is 3.49. The highest BCUT2D eigenvalue weighted by atomic mass is 28.4. The van der Waals surface area contributed by atoms with E-state index in [1.54, 1.807) is 21.8 Å². The van der Waals surface area contributed by atoms with Crippen molar-refractivity contribution in [3.05, 3.63) is 25.3 Å². The van der Waals surface area contributed by atoms with Crippen LogP contribution in [0.4, 0.5) is 11.6 Å². The number of hydrogen-bond donors (Lipinski definition) is 3. The van der Waals surface area contributed by atoms with Crippen LogP contribution in [-0.4, -0.2) is 97.1 Å². The monoisotopic (exact) mass is 756 g/mol. The maximum atomic E-state index is 12.9. The number of Topliss-reactive ketones (excluding diaryl/α,β-unsaturated/α-hetero) is 1. The Morgan fingerprint density at radius 2 is 1.23 bits per heavy atom. The van der Waals surface area contributed by atoms with Crippen molar-refractivity contribution in [1.82, 2.24) is 39.0 Å². The first kappa shape index (κ1) is 39.8. The summed E-state index contributed by atoms with van der Waals surface area (Å²) < 4.78 is 28.8. The first-order chi connectivity index (χ1) is 24.1. The minimum Gasteiger partial charge on any atom is -0.407 e. The van der Waals surface area contributed by atoms with Crippen molar-refractivity contribution in [3.8, 4) is 0 Å². The normalized spacial score (nSPS) is 25.9. The molecule has 0 unspecified atom stereocenters. The largest absolute Gasteiger partial charge is 0.407 e. The summed E-state index contributed by atoms with van der Waals surface area (Å²) in [7, 11) is -4.30. The van der Waals surface area contributed by atoms with Crippen LogP contribution in [0.5, 0.6) is 0 Å². The Balaban J connectivity index is 0.000000201. The number of nitrogens with two attached hydrogens (primary N) is 2. The van der Waals surface area contributed by atoms with Crippen LogP contribution in [0.15, 0.2) is 25.3 Å². The Labute approximate surface area is 307 Å². The SMILES string of the molecule is CC[C@H]1O[C@@H](n2cnc3c(N)ncnc32)[C@H](O[Si](C)(C)C(C)(C)C)C1=O.CC[C@H]1O[C@@H](n2cnc3c(N)ncnc32)[C@H](O[Si](C)(C)C(C)(C)C)[C@@H]1O. The van der Waals surface area contributed by atoms with Gasteiger partial charge in [-0.25, -0.2) is 29.9 Å². The zero-order valence-electron chi connectivity index (χ0n) is 32.5. The number of aliphatic hydroxyl groups excluding tert-OH is 1. The first-order valence-electron chi connectivity index (χ1n) is 17.9. The minimum absolute atomic E-state index is 0.0190. The van der Waals surface area contributed by atoms with Crippen molar-refractivity contribution in [3.63, 3.8) is 0 Å². The molecule has 4 aromatic rings. The van der Waals surface area contributed by atoms with Crippen LogP contribution in [0.1, 0.15) is 80.7 Å². The summed E-state index contributed by atoms with van der Waals surface area (Å²) in [6, 6.07) is 0. The van der Waals surface area contributed by atoms with Crippen molar-refractivity contribution >= 4 is 56.4 Å². The molecule has 2 aliphatic heterocycles. The van der Waals surface area contributed by atoms with E-state index in [1.807, 2.05) is 13.8 Å². The van der Waals surface area contributed by atoms with Gasteiger partial charge in [-0.15, -0.1) is 0 Å². The molecule has 0 saturated carbocycles. The number of ether oxygens (including phenoxy) is 2. The highest BCUT2D eigenvalue weighted by Crippen LogP contribution is 2.44. The van der Waals surface area contributed by atoms with E-state index in [4.69, 9.17) is 29.8 Å². The smallest absolute Gasteiger partial charge is 0.193 e. The molecule has 6 rings (SSSR count). The van der Waals surface area contributed by atoms with Crippen molar-refractivity contribution in [2.45, 2.75) is 147 Å². The van der Waals surface area contributed by atoms with Gasteiger partial charge in [-0.05, 0) is 49.1 Å². The molecule has 0 aliphatic carbocycles. The lowest BCUT2D eigenvalue weighted by atomic mass is 10.1. The molecule has 2 saturated heterocycles. The van der Waals surface area contributed by atoms with Gasteiger partial charge in [0.05, 0.1) is 18.8 Å². The van der Waals surface area contributed by atoms with E-state index in [2.05, 4.69) is 97.6 Å². The third kappa shape index (κ3) is 7.38. The van der Waals surface area contributed by atoms with Gasteiger partial charge in [0.25, 0.3) is 0 Å². The van der Waals surface area contributed by atoms with Gasteiger partial charge in [0.15, 0.2) is 63.9 Å². The second-order valence-electron chi connectivity index (χ2n) is 16.6. The van der Waals surface area contributed by atoms with Crippen LogP contribution in [0.25, 0.3) is 22.3 Å². The number of fused-ring (bicyclic) bond motifs is 2. The van der Waals surface area contributed by atoms with Crippen LogP contribution >= 0.6 is 0 Å². The molecule has 4 aromatic heterocycles. The lowest BCUT2D eigenvalue weighted by Crippen LogP contribution is -2.48. The molecule has 52 heavy (non-hydrogen) atoms. The third-order valence-electron chi connectivity index (χ3n) is 11.0. The highest BCUT2D eigenvalue weighted by molar-refractivity contribution is 6.74. The van der Waals surface area contributed by atoms with Crippen molar-refractivity contribution in [2.75, 3.05) is 11.5 Å². The molecule has 2 fully saturated rings. The van der Waals surface area contributed by atoms with E-state index in [9.17, 15) is 9.90 Å². The van der Waals surface area contributed by atoms with Crippen LogP contribution in [0.2, 0.25) is 36.3 Å². The predicted octanol–water partition coefficient (Wildman–Crippen LogP) is 5.14. The van der Waals surface area contributed by atoms with E-state index in [-0.39, 0.29) is 22.0 Å². The van der Waals surface area contributed by atoms with Gasteiger partial charge in [0.1, 0.15) is 42.0 Å². The van der Waals surface area contributed by atoms with Crippen LogP contribution in [-0.2, 0) is 23.1 Å². The summed E-state index contributed by atoms with van der Waals surface area (Å²) >= 11 is 0. The minimum atomic E-state index is -2.18. The Bertz CT molecular complexity index is 1890. The first-order valence-corrected chi connectivity index (χ1v) is 23.7. The fraction of sp³-hybridized carbons (Fsp3) is 0.676. The standard InChI is InChI=1S/C17H29N5O3Si.C17H27N5O3Si/c2*1-7-10-12(23)13(25-26(5,6)17(2,3)4)16(24-10)22-9-21-11-14(18)19-8-20-15(11)22/h8-10,12-13,16,23H,7H2,1-6H3,(H2,18,19,20);8-10,13,16H,7H2,1-6H3,(H2,18,19,20)/t10-,12-,13-,16-;10-,13-,16-/m11/s1. The molecule has 5 N–H and O–H groups in total. The number of nitrogens with zero attached hydrogens (tertiary/aromatic N) is 8. The number of aromatic nitrogens is 8. The second-order valence-corrected chi connectivity index (χ2v) is 26.1. The van der Waals surface area contributed by atoms with Crippen molar-refractivity contribution in [2.24, 2.45) is 0 Å². The number of nitrogen functional groups attached to an aromatic ring is 2. The molecular weight excluding hydrogens is 701 g/mol. The molecule has 6 heterocycles. The maximum absolute atomic E-state index is 12.9. The number of hydrogen-bond acceptors (Lipinski definition) is 14. The van der Waals surface area contributed by atoms with E-state index in [0.29, 0.717) is 46.8 Å². The summed E-state index contributed by atoms with van der Waals surface area (Å²) in [5.41, 5.74) is 13.9. The van der Waals surface area contributed by atoms with Crippen LogP contribution < -0.4 is 11.5 Å². The maximum Gasteiger partial charge on any atom is 0.193 e. The van der Waals surface area contributed by atoms with E-state index in [1.165, 1.54) is 12.7 Å². The van der Waals surface area contributed by atoms with Gasteiger partial charge in [0, 0.05) is 0 Å². The third-order valence-corrected chi connectivity index (χ3v) is 20.0. The van der Waals surface area contributed by atoms with Crippen LogP contribution in [0, 0.1) is 0 Å². The number of aliphatic hydroxyl groups is 1. The average Bonchev–Trinajstić information content (AvgIpc) is 3.82. The van der Waals surface area contributed by atoms with E-state index in [0.717, 1.165) is 0 Å². The Morgan fingerprint density at radius 1 is 0.750 bits per heavy atom. The number of ketones is 1. The molecule has 2 aliphatic rings. The molecule has 16 nitrogen and oxygen atoms in total. The number of rotatable bonds is 8. The Kier molecular flexibility index (Phi) is 11.1. The average molecular weight is 757 g/mol. The number of anilines is 2. The van der Waals surface area contributed by atoms with Crippen molar-refractivity contribution in [1.29, 1.82) is 0 Å². The Hall–Kier alpha value is -3.40. The summed E-state index contributed by atoms with van der Waals surface area (Å²) in [5.74, 6) is 0.597. The van der Waals surface area contributed by atoms with Gasteiger partial charge in [-0.1, -0.05) is 55.4 Å². The van der Waals surface area contributed by atoms with E-state index < -0.39 is 53.5 Å². The molecule has 0 radical (unpaired) electrons. The van der Waals surface area contributed by atoms with Crippen molar-refractivity contribution < 1.29 is 28.2 Å². The van der Waals surface area contributed by atoms with Gasteiger partial charge < -0.3 is 34.9 Å². The summed E-state index contributed by atoms with van der Waals surface area (Å²) in [5, 5.41) is 10.9. The number of carbonyl (C=O) groups excluding carboxylic acids is 1. The number of imidazole rings is 2. The fourth-order valence-corrected chi connectivity index (χ4v) is 8.30. The highest BCUT2D eigenvalue weighted by Gasteiger charge is 2.51. The molecule has 0 amide bonds. The summed E-state index contributed by atoms with van der Waals surface area (Å²) in [4.78, 5) is 38.1. The van der Waals surface area contributed by atoms with Gasteiger partial charge in [-0.2, -0.15) is 0 Å². The Morgan fingerprint density at radius 3 is 1.69 bits per heavy atom. The van der Waals surface area contributed by atoms with Crippen LogP contribution in [0.3, 0.4) is 0 Å². The zero-order valence-corrected chi connectivity index (χ0v) is 34.5. The van der Waals surface area contributed by atoms with E-state index >= 15 is 0 Å². The molecule has 286 valence electrons. The lowest BCUT2D eigenvalue weighted by molar-refractivity contribution is -0.126. The molecule has 0 spiro atoms. The lowest BCUT2D eigenvalue weighted by Gasteiger charge is -2.40.